The molecule has 0 spiro atoms. The second-order valence-electron chi connectivity index (χ2n) is 3.41. The zero-order valence-corrected chi connectivity index (χ0v) is 9.15. The Balaban J connectivity index is 2.70. The minimum atomic E-state index is -4.42. The van der Waals surface area contributed by atoms with E-state index in [2.05, 4.69) is 0 Å². The van der Waals surface area contributed by atoms with Gasteiger partial charge in [0.05, 0.1) is 16.1 Å². The number of nitrogen functional groups attached to an aromatic ring is 1. The van der Waals surface area contributed by atoms with Gasteiger partial charge in [0.15, 0.2) is 0 Å². The Bertz CT molecular complexity index is 603. The van der Waals surface area contributed by atoms with E-state index >= 15 is 0 Å². The van der Waals surface area contributed by atoms with Crippen molar-refractivity contribution in [3.05, 3.63) is 29.3 Å². The van der Waals surface area contributed by atoms with Crippen LogP contribution < -0.4 is 11.5 Å². The fourth-order valence-corrected chi connectivity index (χ4v) is 2.56. The molecule has 1 aromatic carbocycles. The molecule has 0 aliphatic carbocycles. The number of halogens is 3. The SMILES string of the molecule is NC(=O)c1c(N)sc2cc(C(F)(F)F)ccc12. The standard InChI is InChI=1S/C10H7F3N2OS/c11-10(12,13)4-1-2-5-6(3-4)17-9(15)7(5)8(14)16/h1-3H,15H2,(H2,14,16). The number of hydrogen-bond donors (Lipinski definition) is 2. The number of rotatable bonds is 1. The van der Waals surface area contributed by atoms with Crippen molar-refractivity contribution in [2.45, 2.75) is 6.18 Å². The minimum Gasteiger partial charge on any atom is -0.390 e. The minimum absolute atomic E-state index is 0.0822. The average molecular weight is 260 g/mol. The van der Waals surface area contributed by atoms with Crippen LogP contribution in [0.4, 0.5) is 18.2 Å². The van der Waals surface area contributed by atoms with Gasteiger partial charge < -0.3 is 11.5 Å². The van der Waals surface area contributed by atoms with E-state index in [0.717, 1.165) is 23.5 Å². The Labute approximate surface area is 97.8 Å². The molecular formula is C10H7F3N2OS. The lowest BCUT2D eigenvalue weighted by atomic mass is 10.1. The Hall–Kier alpha value is -1.76. The van der Waals surface area contributed by atoms with E-state index in [-0.39, 0.29) is 10.6 Å². The summed E-state index contributed by atoms with van der Waals surface area (Å²) in [6.07, 6.45) is -4.42. The molecule has 2 aromatic rings. The van der Waals surface area contributed by atoms with Crippen LogP contribution in [-0.4, -0.2) is 5.91 Å². The van der Waals surface area contributed by atoms with E-state index in [9.17, 15) is 18.0 Å². The summed E-state index contributed by atoms with van der Waals surface area (Å²) in [6.45, 7) is 0. The van der Waals surface area contributed by atoms with Gasteiger partial charge in [0.2, 0.25) is 0 Å². The number of nitrogens with two attached hydrogens (primary N) is 2. The predicted octanol–water partition coefficient (Wildman–Crippen LogP) is 2.60. The van der Waals surface area contributed by atoms with Crippen LogP contribution in [0.3, 0.4) is 0 Å². The lowest BCUT2D eigenvalue weighted by molar-refractivity contribution is -0.137. The van der Waals surface area contributed by atoms with Gasteiger partial charge in [-0.05, 0) is 12.1 Å². The number of primary amides is 1. The normalized spacial score (nSPS) is 11.9. The van der Waals surface area contributed by atoms with Crippen molar-refractivity contribution in [1.82, 2.24) is 0 Å². The van der Waals surface area contributed by atoms with Crippen LogP contribution in [0.2, 0.25) is 0 Å². The van der Waals surface area contributed by atoms with Crippen molar-refractivity contribution in [3.63, 3.8) is 0 Å². The molecule has 2 rings (SSSR count). The zero-order chi connectivity index (χ0) is 12.8. The molecule has 4 N–H and O–H groups in total. The van der Waals surface area contributed by atoms with Crippen LogP contribution in [0, 0.1) is 0 Å². The molecule has 0 unspecified atom stereocenters. The molecule has 90 valence electrons. The summed E-state index contributed by atoms with van der Waals surface area (Å²) in [6, 6.07) is 3.08. The molecule has 0 saturated heterocycles. The van der Waals surface area contributed by atoms with E-state index < -0.39 is 17.6 Å². The van der Waals surface area contributed by atoms with Crippen LogP contribution in [-0.2, 0) is 6.18 Å². The van der Waals surface area contributed by atoms with Gasteiger partial charge >= 0.3 is 6.18 Å². The molecule has 1 aromatic heterocycles. The van der Waals surface area contributed by atoms with Crippen LogP contribution in [0.5, 0.6) is 0 Å². The summed E-state index contributed by atoms with van der Waals surface area (Å²) in [5.41, 5.74) is 9.97. The molecule has 0 aliphatic heterocycles. The first-order chi connectivity index (χ1) is 7.80. The number of carbonyl (C=O) groups excluding carboxylic acids is 1. The van der Waals surface area contributed by atoms with Crippen molar-refractivity contribution in [2.24, 2.45) is 5.73 Å². The van der Waals surface area contributed by atoms with Crippen LogP contribution in [0.1, 0.15) is 15.9 Å². The van der Waals surface area contributed by atoms with Crippen molar-refractivity contribution in [3.8, 4) is 0 Å². The molecule has 0 atom stereocenters. The molecule has 17 heavy (non-hydrogen) atoms. The number of anilines is 1. The lowest BCUT2D eigenvalue weighted by Crippen LogP contribution is -2.12. The predicted molar refractivity (Wildman–Crippen MR) is 59.8 cm³/mol. The van der Waals surface area contributed by atoms with Crippen molar-refractivity contribution >= 4 is 32.3 Å². The van der Waals surface area contributed by atoms with Gasteiger partial charge in [-0.3, -0.25) is 4.79 Å². The van der Waals surface area contributed by atoms with Crippen molar-refractivity contribution < 1.29 is 18.0 Å². The third kappa shape index (κ3) is 1.93. The van der Waals surface area contributed by atoms with E-state index in [1.807, 2.05) is 0 Å². The summed E-state index contributed by atoms with van der Waals surface area (Å²) in [7, 11) is 0. The maximum absolute atomic E-state index is 12.5. The number of fused-ring (bicyclic) bond motifs is 1. The number of alkyl halides is 3. The summed E-state index contributed by atoms with van der Waals surface area (Å²) >= 11 is 0.914. The monoisotopic (exact) mass is 260 g/mol. The Morgan fingerprint density at radius 1 is 1.29 bits per heavy atom. The van der Waals surface area contributed by atoms with Gasteiger partial charge in [-0.1, -0.05) is 6.07 Å². The first-order valence-corrected chi connectivity index (χ1v) is 5.31. The zero-order valence-electron chi connectivity index (χ0n) is 8.34. The Morgan fingerprint density at radius 2 is 1.94 bits per heavy atom. The fourth-order valence-electron chi connectivity index (χ4n) is 1.55. The molecule has 0 bridgehead atoms. The quantitative estimate of drug-likeness (QED) is 0.827. The van der Waals surface area contributed by atoms with E-state index in [4.69, 9.17) is 11.5 Å². The van der Waals surface area contributed by atoms with Gasteiger partial charge in [0, 0.05) is 10.1 Å². The fraction of sp³-hybridized carbons (Fsp3) is 0.100. The highest BCUT2D eigenvalue weighted by molar-refractivity contribution is 7.23. The molecule has 0 fully saturated rings. The van der Waals surface area contributed by atoms with Crippen molar-refractivity contribution in [2.75, 3.05) is 5.73 Å². The van der Waals surface area contributed by atoms with E-state index in [0.29, 0.717) is 10.1 Å². The molecule has 0 saturated carbocycles. The second kappa shape index (κ2) is 3.63. The van der Waals surface area contributed by atoms with E-state index in [1.165, 1.54) is 6.07 Å². The van der Waals surface area contributed by atoms with E-state index in [1.54, 1.807) is 0 Å². The number of carbonyl (C=O) groups is 1. The summed E-state index contributed by atoms with van der Waals surface area (Å²) in [5.74, 6) is -0.742. The van der Waals surface area contributed by atoms with Gasteiger partial charge in [-0.25, -0.2) is 0 Å². The highest BCUT2D eigenvalue weighted by Gasteiger charge is 2.31. The number of thiophene rings is 1. The van der Waals surface area contributed by atoms with Gasteiger partial charge in [-0.15, -0.1) is 11.3 Å². The Kier molecular flexibility index (Phi) is 2.50. The number of benzene rings is 1. The largest absolute Gasteiger partial charge is 0.416 e. The topological polar surface area (TPSA) is 69.1 Å². The molecular weight excluding hydrogens is 253 g/mol. The summed E-state index contributed by atoms with van der Waals surface area (Å²) in [4.78, 5) is 11.1. The van der Waals surface area contributed by atoms with Gasteiger partial charge in [0.1, 0.15) is 0 Å². The average Bonchev–Trinajstić information content (AvgIpc) is 2.50. The van der Waals surface area contributed by atoms with Crippen LogP contribution in [0.15, 0.2) is 18.2 Å². The molecule has 1 heterocycles. The number of amides is 1. The lowest BCUT2D eigenvalue weighted by Gasteiger charge is -2.05. The molecule has 3 nitrogen and oxygen atoms in total. The first-order valence-electron chi connectivity index (χ1n) is 4.49. The van der Waals surface area contributed by atoms with Crippen LogP contribution >= 0.6 is 11.3 Å². The smallest absolute Gasteiger partial charge is 0.390 e. The number of hydrogen-bond acceptors (Lipinski definition) is 3. The highest BCUT2D eigenvalue weighted by atomic mass is 32.1. The molecule has 0 aliphatic rings. The third-order valence-electron chi connectivity index (χ3n) is 2.29. The highest BCUT2D eigenvalue weighted by Crippen LogP contribution is 2.37. The molecule has 0 radical (unpaired) electrons. The maximum Gasteiger partial charge on any atom is 0.416 e. The Morgan fingerprint density at radius 3 is 2.47 bits per heavy atom. The van der Waals surface area contributed by atoms with Crippen molar-refractivity contribution in [1.29, 1.82) is 0 Å². The second-order valence-corrected chi connectivity index (χ2v) is 4.50. The first kappa shape index (κ1) is 11.7. The summed E-state index contributed by atoms with van der Waals surface area (Å²) < 4.78 is 37.7. The maximum atomic E-state index is 12.5. The molecule has 7 heteroatoms. The third-order valence-corrected chi connectivity index (χ3v) is 3.27. The summed E-state index contributed by atoms with van der Waals surface area (Å²) in [5, 5.41) is 0.486. The molecule has 1 amide bonds. The van der Waals surface area contributed by atoms with Crippen LogP contribution in [0.25, 0.3) is 10.1 Å². The van der Waals surface area contributed by atoms with Gasteiger partial charge in [0.25, 0.3) is 5.91 Å². The van der Waals surface area contributed by atoms with Gasteiger partial charge in [-0.2, -0.15) is 13.2 Å².